The van der Waals surface area contributed by atoms with Crippen LogP contribution in [0.2, 0.25) is 0 Å². The molecule has 0 spiro atoms. The van der Waals surface area contributed by atoms with Crippen LogP contribution in [0.25, 0.3) is 0 Å². The Morgan fingerprint density at radius 2 is 2.00 bits per heavy atom. The van der Waals surface area contributed by atoms with Crippen LogP contribution in [-0.4, -0.2) is 41.0 Å². The summed E-state index contributed by atoms with van der Waals surface area (Å²) in [6.45, 7) is 0. The first-order valence-corrected chi connectivity index (χ1v) is 2.58. The Hall–Kier alpha value is -0.268. The van der Waals surface area contributed by atoms with Gasteiger partial charge in [0, 0.05) is 6.20 Å². The number of aromatic nitrogens is 1. The molecule has 0 atom stereocenters. The molecule has 10 heavy (non-hydrogen) atoms. The molecule has 0 saturated carbocycles. The fourth-order valence-corrected chi connectivity index (χ4v) is 0.529. The molecule has 1 aromatic heterocycles. The van der Waals surface area contributed by atoms with Crippen LogP contribution in [0, 0.1) is 0 Å². The topological polar surface area (TPSA) is 53.4 Å². The van der Waals surface area contributed by atoms with Crippen LogP contribution in [-0.2, 0) is 0 Å². The molecule has 0 saturated heterocycles. The summed E-state index contributed by atoms with van der Waals surface area (Å²) < 4.78 is 0. The summed E-state index contributed by atoms with van der Waals surface area (Å²) in [7, 11) is -1.45. The Morgan fingerprint density at radius 3 is 2.30 bits per heavy atom. The van der Waals surface area contributed by atoms with Gasteiger partial charge in [0.05, 0.1) is 5.59 Å². The van der Waals surface area contributed by atoms with E-state index in [0.29, 0.717) is 0 Å². The van der Waals surface area contributed by atoms with Crippen molar-refractivity contribution in [2.75, 3.05) is 0 Å². The molecule has 0 unspecified atom stereocenters. The van der Waals surface area contributed by atoms with Crippen molar-refractivity contribution in [3.8, 4) is 0 Å². The zero-order chi connectivity index (χ0) is 6.69. The van der Waals surface area contributed by atoms with E-state index in [2.05, 4.69) is 4.98 Å². The summed E-state index contributed by atoms with van der Waals surface area (Å²) in [5.41, 5.74) is 0.275. The fraction of sp³-hybridized carbons (Fsp3) is 0. The predicted octanol–water partition coefficient (Wildman–Crippen LogP) is -1.89. The van der Waals surface area contributed by atoms with Crippen molar-refractivity contribution in [2.45, 2.75) is 0 Å². The van der Waals surface area contributed by atoms with Gasteiger partial charge in [-0.25, -0.2) is 0 Å². The molecule has 3 nitrogen and oxygen atoms in total. The molecule has 0 radical (unpaired) electrons. The zero-order valence-corrected chi connectivity index (χ0v) is 4.73. The summed E-state index contributed by atoms with van der Waals surface area (Å²) >= 11 is 0. The van der Waals surface area contributed by atoms with Crippen molar-refractivity contribution in [1.82, 2.24) is 4.98 Å². The molecule has 0 aliphatic carbocycles. The van der Waals surface area contributed by atoms with Crippen LogP contribution in [0.3, 0.4) is 0 Å². The standard InChI is InChI=1S/C5H6BNO2.Li.H/c8-6(9)5-3-1-2-4-7-5;;/h1-4,8-9H;;. The molecule has 2 N–H and O–H groups in total. The maximum absolute atomic E-state index is 8.52. The average molecular weight is 131 g/mol. The fourth-order valence-electron chi connectivity index (χ4n) is 0.529. The van der Waals surface area contributed by atoms with Gasteiger partial charge in [0.2, 0.25) is 0 Å². The third kappa shape index (κ3) is 2.55. The summed E-state index contributed by atoms with van der Waals surface area (Å²) in [6, 6.07) is 4.96. The third-order valence-corrected chi connectivity index (χ3v) is 0.952. The molecule has 0 fully saturated rings. The van der Waals surface area contributed by atoms with Crippen molar-refractivity contribution < 1.29 is 10.0 Å². The second-order valence-electron chi connectivity index (χ2n) is 1.63. The van der Waals surface area contributed by atoms with E-state index in [1.807, 2.05) is 0 Å². The van der Waals surface area contributed by atoms with Crippen molar-refractivity contribution in [2.24, 2.45) is 0 Å². The molecule has 0 amide bonds. The normalized spacial score (nSPS) is 8.20. The first kappa shape index (κ1) is 9.73. The zero-order valence-electron chi connectivity index (χ0n) is 4.73. The van der Waals surface area contributed by atoms with Crippen LogP contribution in [0.15, 0.2) is 24.4 Å². The Labute approximate surface area is 71.4 Å². The van der Waals surface area contributed by atoms with E-state index < -0.39 is 7.12 Å². The number of rotatable bonds is 1. The van der Waals surface area contributed by atoms with E-state index >= 15 is 0 Å². The SMILES string of the molecule is OB(O)c1ccccn1.[LiH]. The van der Waals surface area contributed by atoms with Crippen LogP contribution in [0.4, 0.5) is 0 Å². The maximum atomic E-state index is 8.52. The second kappa shape index (κ2) is 4.53. The number of hydrogen-bond donors (Lipinski definition) is 2. The molecule has 1 aromatic rings. The van der Waals surface area contributed by atoms with E-state index in [-0.39, 0.29) is 24.5 Å². The molecule has 1 heterocycles. The molecule has 1 rings (SSSR count). The van der Waals surface area contributed by atoms with Gasteiger partial charge >= 0.3 is 26.0 Å². The number of pyridine rings is 1. The average Bonchev–Trinajstić information content (AvgIpc) is 1.90. The second-order valence-corrected chi connectivity index (χ2v) is 1.63. The predicted molar refractivity (Wildman–Crippen MR) is 41.2 cm³/mol. The molecule has 0 bridgehead atoms. The van der Waals surface area contributed by atoms with Gasteiger partial charge in [-0.3, -0.25) is 4.98 Å². The molecule has 0 aliphatic heterocycles. The third-order valence-electron chi connectivity index (χ3n) is 0.952. The van der Waals surface area contributed by atoms with Crippen molar-refractivity contribution in [1.29, 1.82) is 0 Å². The first-order valence-electron chi connectivity index (χ1n) is 2.58. The van der Waals surface area contributed by atoms with Crippen LogP contribution >= 0.6 is 0 Å². The molecular weight excluding hydrogens is 124 g/mol. The van der Waals surface area contributed by atoms with Crippen LogP contribution in [0.5, 0.6) is 0 Å². The van der Waals surface area contributed by atoms with E-state index in [4.69, 9.17) is 10.0 Å². The van der Waals surface area contributed by atoms with E-state index in [0.717, 1.165) is 0 Å². The Kier molecular flexibility index (Phi) is 4.41. The number of nitrogens with zero attached hydrogens (tertiary/aromatic N) is 1. The van der Waals surface area contributed by atoms with E-state index in [1.54, 1.807) is 18.2 Å². The van der Waals surface area contributed by atoms with Gasteiger partial charge in [-0.05, 0) is 12.1 Å². The molecule has 48 valence electrons. The number of hydrogen-bond acceptors (Lipinski definition) is 3. The van der Waals surface area contributed by atoms with Crippen LogP contribution in [0.1, 0.15) is 0 Å². The Morgan fingerprint density at radius 1 is 1.30 bits per heavy atom. The monoisotopic (exact) mass is 131 g/mol. The van der Waals surface area contributed by atoms with Crippen molar-refractivity contribution in [3.05, 3.63) is 24.4 Å². The van der Waals surface area contributed by atoms with Crippen LogP contribution < -0.4 is 5.59 Å². The summed E-state index contributed by atoms with van der Waals surface area (Å²) in [5, 5.41) is 17.0. The minimum atomic E-state index is -1.45. The quantitative estimate of drug-likeness (QED) is 0.438. The van der Waals surface area contributed by atoms with Gasteiger partial charge in [0.25, 0.3) is 0 Å². The molecular formula is C5H7BLiNO2. The van der Waals surface area contributed by atoms with Gasteiger partial charge in [-0.2, -0.15) is 0 Å². The van der Waals surface area contributed by atoms with Gasteiger partial charge in [0.1, 0.15) is 0 Å². The molecule has 0 aromatic carbocycles. The van der Waals surface area contributed by atoms with Gasteiger partial charge in [-0.1, -0.05) is 6.07 Å². The summed E-state index contributed by atoms with van der Waals surface area (Å²) in [5.74, 6) is 0. The van der Waals surface area contributed by atoms with Crippen molar-refractivity contribution in [3.63, 3.8) is 0 Å². The Balaban J connectivity index is 0.000000810. The minimum absolute atomic E-state index is 0. The summed E-state index contributed by atoms with van der Waals surface area (Å²) in [4.78, 5) is 3.68. The van der Waals surface area contributed by atoms with Crippen molar-refractivity contribution >= 4 is 31.6 Å². The van der Waals surface area contributed by atoms with E-state index in [9.17, 15) is 0 Å². The van der Waals surface area contributed by atoms with Gasteiger partial charge < -0.3 is 10.0 Å². The first-order chi connectivity index (χ1) is 4.30. The molecule has 5 heteroatoms. The Bertz CT molecular complexity index is 182. The van der Waals surface area contributed by atoms with Gasteiger partial charge in [0.15, 0.2) is 0 Å². The van der Waals surface area contributed by atoms with Gasteiger partial charge in [-0.15, -0.1) is 0 Å². The summed E-state index contributed by atoms with van der Waals surface area (Å²) in [6.07, 6.45) is 1.51. The van der Waals surface area contributed by atoms with E-state index in [1.165, 1.54) is 6.20 Å². The molecule has 0 aliphatic rings.